The van der Waals surface area contributed by atoms with Gasteiger partial charge in [0.2, 0.25) is 5.91 Å². The van der Waals surface area contributed by atoms with Crippen LogP contribution < -0.4 is 10.6 Å². The molecular weight excluding hydrogens is 332 g/mol. The molecular formula is C20H28N2O4. The summed E-state index contributed by atoms with van der Waals surface area (Å²) in [7, 11) is 0. The van der Waals surface area contributed by atoms with Gasteiger partial charge in [-0.1, -0.05) is 26.7 Å². The van der Waals surface area contributed by atoms with Crippen LogP contribution in [-0.4, -0.2) is 28.9 Å². The molecule has 1 aromatic rings. The van der Waals surface area contributed by atoms with Crippen LogP contribution in [0.25, 0.3) is 0 Å². The molecule has 142 valence electrons. The van der Waals surface area contributed by atoms with Crippen molar-refractivity contribution in [2.24, 2.45) is 11.3 Å². The van der Waals surface area contributed by atoms with E-state index < -0.39 is 17.9 Å². The molecule has 1 aromatic carbocycles. The molecule has 1 aliphatic rings. The number of carbonyl (C=O) groups is 3. The second kappa shape index (κ2) is 8.34. The summed E-state index contributed by atoms with van der Waals surface area (Å²) in [5.74, 6) is -1.17. The highest BCUT2D eigenvalue weighted by atomic mass is 16.4. The quantitative estimate of drug-likeness (QED) is 0.724. The maximum atomic E-state index is 12.4. The third-order valence-electron chi connectivity index (χ3n) is 5.31. The smallest absolute Gasteiger partial charge is 0.325 e. The Hall–Kier alpha value is -2.37. The maximum Gasteiger partial charge on any atom is 0.325 e. The normalized spacial score (nSPS) is 20.0. The van der Waals surface area contributed by atoms with Crippen molar-refractivity contribution in [1.82, 2.24) is 5.32 Å². The molecule has 1 fully saturated rings. The first-order valence-corrected chi connectivity index (χ1v) is 9.12. The molecule has 6 heteroatoms. The van der Waals surface area contributed by atoms with Gasteiger partial charge in [0.15, 0.2) is 0 Å². The van der Waals surface area contributed by atoms with Crippen LogP contribution >= 0.6 is 0 Å². The predicted molar refractivity (Wildman–Crippen MR) is 100.0 cm³/mol. The number of anilines is 1. The average Bonchev–Trinajstić information content (AvgIpc) is 2.57. The molecule has 2 rings (SSSR count). The largest absolute Gasteiger partial charge is 0.480 e. The highest BCUT2D eigenvalue weighted by Gasteiger charge is 2.33. The zero-order valence-corrected chi connectivity index (χ0v) is 15.7. The molecule has 1 aliphatic carbocycles. The summed E-state index contributed by atoms with van der Waals surface area (Å²) in [6.07, 6.45) is 5.16. The van der Waals surface area contributed by atoms with Crippen molar-refractivity contribution in [1.29, 1.82) is 0 Å². The van der Waals surface area contributed by atoms with E-state index in [4.69, 9.17) is 5.11 Å². The van der Waals surface area contributed by atoms with Gasteiger partial charge in [-0.2, -0.15) is 0 Å². The van der Waals surface area contributed by atoms with Gasteiger partial charge in [0.1, 0.15) is 6.04 Å². The predicted octanol–water partition coefficient (Wildman–Crippen LogP) is 3.43. The van der Waals surface area contributed by atoms with Crippen LogP contribution in [0.5, 0.6) is 0 Å². The Morgan fingerprint density at radius 2 is 1.85 bits per heavy atom. The standard InChI is InChI=1S/C20H28N2O4/c1-13(19(25)26)21-18(24)14-7-9-16(10-8-14)22-17(23)12-15-6-4-5-11-20(15,2)3/h7-10,13,15H,4-6,11-12H2,1-3H3,(H,21,24)(H,22,23)(H,25,26). The number of carboxylic acids is 1. The Morgan fingerprint density at radius 3 is 2.42 bits per heavy atom. The van der Waals surface area contributed by atoms with Crippen LogP contribution in [0.3, 0.4) is 0 Å². The van der Waals surface area contributed by atoms with Gasteiger partial charge in [0.25, 0.3) is 5.91 Å². The van der Waals surface area contributed by atoms with E-state index in [9.17, 15) is 14.4 Å². The van der Waals surface area contributed by atoms with Crippen LogP contribution in [0, 0.1) is 11.3 Å². The minimum atomic E-state index is -1.09. The summed E-state index contributed by atoms with van der Waals surface area (Å²) in [6.45, 7) is 5.87. The first kappa shape index (κ1) is 19.9. The van der Waals surface area contributed by atoms with E-state index in [-0.39, 0.29) is 11.3 Å². The van der Waals surface area contributed by atoms with Crippen molar-refractivity contribution >= 4 is 23.5 Å². The molecule has 0 saturated heterocycles. The lowest BCUT2D eigenvalue weighted by Crippen LogP contribution is -2.38. The van der Waals surface area contributed by atoms with E-state index in [1.165, 1.54) is 19.8 Å². The summed E-state index contributed by atoms with van der Waals surface area (Å²) in [4.78, 5) is 35.1. The minimum absolute atomic E-state index is 0.0123. The first-order chi connectivity index (χ1) is 12.2. The molecule has 0 spiro atoms. The molecule has 2 amide bonds. The number of amides is 2. The van der Waals surface area contributed by atoms with E-state index in [2.05, 4.69) is 24.5 Å². The lowest BCUT2D eigenvalue weighted by Gasteiger charge is -2.38. The molecule has 0 radical (unpaired) electrons. The van der Waals surface area contributed by atoms with Gasteiger partial charge in [-0.05, 0) is 55.4 Å². The number of benzene rings is 1. The second-order valence-corrected chi connectivity index (χ2v) is 7.79. The second-order valence-electron chi connectivity index (χ2n) is 7.79. The van der Waals surface area contributed by atoms with E-state index in [1.54, 1.807) is 24.3 Å². The lowest BCUT2D eigenvalue weighted by atomic mass is 9.67. The first-order valence-electron chi connectivity index (χ1n) is 9.12. The molecule has 3 N–H and O–H groups in total. The summed E-state index contributed by atoms with van der Waals surface area (Å²) in [6, 6.07) is 5.50. The summed E-state index contributed by atoms with van der Waals surface area (Å²) in [5, 5.41) is 14.1. The molecule has 2 unspecified atom stereocenters. The zero-order valence-electron chi connectivity index (χ0n) is 15.7. The molecule has 0 aliphatic heterocycles. The van der Waals surface area contributed by atoms with Gasteiger partial charge in [0.05, 0.1) is 0 Å². The van der Waals surface area contributed by atoms with E-state index in [0.29, 0.717) is 23.6 Å². The maximum absolute atomic E-state index is 12.4. The number of hydrogen-bond acceptors (Lipinski definition) is 3. The van der Waals surface area contributed by atoms with E-state index >= 15 is 0 Å². The Labute approximate surface area is 154 Å². The third kappa shape index (κ3) is 5.31. The van der Waals surface area contributed by atoms with Gasteiger partial charge >= 0.3 is 5.97 Å². The number of carbonyl (C=O) groups excluding carboxylic acids is 2. The fourth-order valence-electron chi connectivity index (χ4n) is 3.43. The Balaban J connectivity index is 1.91. The van der Waals surface area contributed by atoms with Crippen molar-refractivity contribution in [3.05, 3.63) is 29.8 Å². The van der Waals surface area contributed by atoms with Crippen LogP contribution in [-0.2, 0) is 9.59 Å². The van der Waals surface area contributed by atoms with Crippen molar-refractivity contribution < 1.29 is 19.5 Å². The Bertz CT molecular complexity index is 667. The molecule has 0 heterocycles. The number of hydrogen-bond donors (Lipinski definition) is 3. The van der Waals surface area contributed by atoms with Crippen molar-refractivity contribution in [3.63, 3.8) is 0 Å². The highest BCUT2D eigenvalue weighted by molar-refractivity contribution is 5.97. The zero-order chi connectivity index (χ0) is 19.3. The number of carboxylic acid groups (broad SMARTS) is 1. The molecule has 6 nitrogen and oxygen atoms in total. The summed E-state index contributed by atoms with van der Waals surface area (Å²) >= 11 is 0. The van der Waals surface area contributed by atoms with Crippen LogP contribution in [0.15, 0.2) is 24.3 Å². The number of rotatable bonds is 6. The summed E-state index contributed by atoms with van der Waals surface area (Å²) < 4.78 is 0. The number of nitrogens with one attached hydrogen (secondary N) is 2. The van der Waals surface area contributed by atoms with Gasteiger partial charge in [-0.15, -0.1) is 0 Å². The molecule has 26 heavy (non-hydrogen) atoms. The van der Waals surface area contributed by atoms with Crippen LogP contribution in [0.2, 0.25) is 0 Å². The van der Waals surface area contributed by atoms with Gasteiger partial charge in [0, 0.05) is 17.7 Å². The summed E-state index contributed by atoms with van der Waals surface area (Å²) in [5.41, 5.74) is 1.18. The fraction of sp³-hybridized carbons (Fsp3) is 0.550. The van der Waals surface area contributed by atoms with Crippen molar-refractivity contribution in [2.75, 3.05) is 5.32 Å². The molecule has 0 aromatic heterocycles. The van der Waals surface area contributed by atoms with Gasteiger partial charge in [-0.25, -0.2) is 0 Å². The van der Waals surface area contributed by atoms with Crippen molar-refractivity contribution in [3.8, 4) is 0 Å². The van der Waals surface area contributed by atoms with E-state index in [0.717, 1.165) is 12.8 Å². The van der Waals surface area contributed by atoms with E-state index in [1.807, 2.05) is 0 Å². The van der Waals surface area contributed by atoms with Gasteiger partial charge in [-0.3, -0.25) is 14.4 Å². The Morgan fingerprint density at radius 1 is 1.19 bits per heavy atom. The number of aliphatic carboxylic acids is 1. The topological polar surface area (TPSA) is 95.5 Å². The molecule has 0 bridgehead atoms. The fourth-order valence-corrected chi connectivity index (χ4v) is 3.43. The monoisotopic (exact) mass is 360 g/mol. The van der Waals surface area contributed by atoms with Crippen molar-refractivity contribution in [2.45, 2.75) is 58.9 Å². The molecule has 1 saturated carbocycles. The lowest BCUT2D eigenvalue weighted by molar-refractivity contribution is -0.138. The molecule has 2 atom stereocenters. The average molecular weight is 360 g/mol. The van der Waals surface area contributed by atoms with Gasteiger partial charge < -0.3 is 15.7 Å². The SMILES string of the molecule is CC(NC(=O)c1ccc(NC(=O)CC2CCCCC2(C)C)cc1)C(=O)O. The van der Waals surface area contributed by atoms with Crippen LogP contribution in [0.1, 0.15) is 63.2 Å². The Kier molecular flexibility index (Phi) is 6.40. The third-order valence-corrected chi connectivity index (χ3v) is 5.31. The highest BCUT2D eigenvalue weighted by Crippen LogP contribution is 2.42. The van der Waals surface area contributed by atoms with Crippen LogP contribution in [0.4, 0.5) is 5.69 Å². The minimum Gasteiger partial charge on any atom is -0.480 e.